The number of likely N-dealkylation sites (N-methyl/N-ethyl adjacent to an activating group) is 1. The van der Waals surface area contributed by atoms with Gasteiger partial charge >= 0.3 is 0 Å². The monoisotopic (exact) mass is 257 g/mol. The van der Waals surface area contributed by atoms with E-state index in [1.165, 1.54) is 42.4 Å². The van der Waals surface area contributed by atoms with E-state index in [-0.39, 0.29) is 0 Å². The van der Waals surface area contributed by atoms with Crippen LogP contribution >= 0.6 is 0 Å². The van der Waals surface area contributed by atoms with Gasteiger partial charge in [0.15, 0.2) is 0 Å². The zero-order valence-electron chi connectivity index (χ0n) is 11.7. The minimum atomic E-state index is 0.732. The van der Waals surface area contributed by atoms with Gasteiger partial charge in [0.05, 0.1) is 0 Å². The second-order valence-electron chi connectivity index (χ2n) is 5.50. The molecule has 0 aliphatic carbocycles. The highest BCUT2D eigenvalue weighted by Gasteiger charge is 2.23. The van der Waals surface area contributed by atoms with E-state index >= 15 is 0 Å². The molecule has 0 saturated carbocycles. The number of para-hydroxylation sites is 1. The number of hydrogen-bond acceptors (Lipinski definition) is 2. The van der Waals surface area contributed by atoms with E-state index < -0.39 is 0 Å². The zero-order valence-corrected chi connectivity index (χ0v) is 11.7. The zero-order chi connectivity index (χ0) is 13.1. The summed E-state index contributed by atoms with van der Waals surface area (Å²) in [6.45, 7) is 3.55. The maximum absolute atomic E-state index is 3.37. The molecule has 2 aromatic rings. The van der Waals surface area contributed by atoms with Crippen LogP contribution in [0.15, 0.2) is 30.5 Å². The van der Waals surface area contributed by atoms with Crippen LogP contribution in [0.1, 0.15) is 18.4 Å². The van der Waals surface area contributed by atoms with E-state index in [0.29, 0.717) is 0 Å². The lowest BCUT2D eigenvalue weighted by Gasteiger charge is -2.24. The summed E-state index contributed by atoms with van der Waals surface area (Å²) in [6, 6.07) is 9.32. The third-order valence-electron chi connectivity index (χ3n) is 4.28. The molecule has 1 aromatic heterocycles. The van der Waals surface area contributed by atoms with Crippen molar-refractivity contribution >= 4 is 10.9 Å². The van der Waals surface area contributed by atoms with Gasteiger partial charge in [0, 0.05) is 36.2 Å². The quantitative estimate of drug-likeness (QED) is 0.862. The lowest BCUT2D eigenvalue weighted by Crippen LogP contribution is -2.37. The summed E-state index contributed by atoms with van der Waals surface area (Å²) in [5.41, 5.74) is 2.71. The molecule has 0 spiro atoms. The van der Waals surface area contributed by atoms with Crippen LogP contribution in [0.4, 0.5) is 0 Å². The first-order chi connectivity index (χ1) is 9.38. The van der Waals surface area contributed by atoms with Crippen molar-refractivity contribution < 1.29 is 0 Å². The van der Waals surface area contributed by atoms with Gasteiger partial charge in [-0.15, -0.1) is 0 Å². The fourth-order valence-electron chi connectivity index (χ4n) is 3.26. The number of benzene rings is 1. The van der Waals surface area contributed by atoms with Crippen molar-refractivity contribution in [2.45, 2.75) is 25.3 Å². The van der Waals surface area contributed by atoms with Crippen LogP contribution in [-0.2, 0) is 6.42 Å². The number of aromatic amines is 1. The molecule has 1 aliphatic rings. The summed E-state index contributed by atoms with van der Waals surface area (Å²) in [4.78, 5) is 6.01. The Hall–Kier alpha value is -1.32. The largest absolute Gasteiger partial charge is 0.361 e. The van der Waals surface area contributed by atoms with E-state index in [0.717, 1.165) is 19.0 Å². The molecule has 19 heavy (non-hydrogen) atoms. The summed E-state index contributed by atoms with van der Waals surface area (Å²) in [6.07, 6.45) is 6.01. The average molecular weight is 257 g/mol. The standard InChI is InChI=1S/C16H23N3/c1-17-12-14-5-4-9-19(14)10-8-13-11-18-16-7-3-2-6-15(13)16/h2-3,6-7,11,14,17-18H,4-5,8-10,12H2,1H3. The molecule has 1 fully saturated rings. The summed E-state index contributed by atoms with van der Waals surface area (Å²) in [5.74, 6) is 0. The van der Waals surface area contributed by atoms with Crippen LogP contribution in [0.25, 0.3) is 10.9 Å². The van der Waals surface area contributed by atoms with Gasteiger partial charge in [-0.2, -0.15) is 0 Å². The number of nitrogens with zero attached hydrogens (tertiary/aromatic N) is 1. The molecule has 1 saturated heterocycles. The minimum absolute atomic E-state index is 0.732. The predicted octanol–water partition coefficient (Wildman–Crippen LogP) is 2.39. The van der Waals surface area contributed by atoms with E-state index in [2.05, 4.69) is 52.7 Å². The van der Waals surface area contributed by atoms with E-state index in [1.54, 1.807) is 0 Å². The molecule has 3 rings (SSSR count). The number of rotatable bonds is 5. The highest BCUT2D eigenvalue weighted by atomic mass is 15.2. The Morgan fingerprint density at radius 1 is 1.37 bits per heavy atom. The molecule has 102 valence electrons. The van der Waals surface area contributed by atoms with Crippen molar-refractivity contribution in [1.82, 2.24) is 15.2 Å². The molecule has 3 heteroatoms. The Balaban J connectivity index is 1.65. The highest BCUT2D eigenvalue weighted by Crippen LogP contribution is 2.21. The molecule has 1 aromatic carbocycles. The lowest BCUT2D eigenvalue weighted by atomic mass is 10.1. The second kappa shape index (κ2) is 5.76. The number of fused-ring (bicyclic) bond motifs is 1. The van der Waals surface area contributed by atoms with Crippen molar-refractivity contribution in [3.05, 3.63) is 36.0 Å². The van der Waals surface area contributed by atoms with Crippen LogP contribution in [-0.4, -0.2) is 42.6 Å². The molecule has 3 nitrogen and oxygen atoms in total. The number of hydrogen-bond donors (Lipinski definition) is 2. The first kappa shape index (κ1) is 12.7. The van der Waals surface area contributed by atoms with E-state index in [4.69, 9.17) is 0 Å². The molecular weight excluding hydrogens is 234 g/mol. The van der Waals surface area contributed by atoms with Crippen LogP contribution in [0.3, 0.4) is 0 Å². The first-order valence-electron chi connectivity index (χ1n) is 7.32. The number of H-pyrrole nitrogens is 1. The van der Waals surface area contributed by atoms with Gasteiger partial charge in [-0.1, -0.05) is 18.2 Å². The van der Waals surface area contributed by atoms with Gasteiger partial charge in [0.25, 0.3) is 0 Å². The Morgan fingerprint density at radius 3 is 3.16 bits per heavy atom. The second-order valence-corrected chi connectivity index (χ2v) is 5.50. The number of aromatic nitrogens is 1. The lowest BCUT2D eigenvalue weighted by molar-refractivity contribution is 0.254. The SMILES string of the molecule is CNCC1CCCN1CCc1c[nH]c2ccccc12. The van der Waals surface area contributed by atoms with Crippen molar-refractivity contribution in [2.75, 3.05) is 26.7 Å². The molecule has 2 N–H and O–H groups in total. The molecular formula is C16H23N3. The van der Waals surface area contributed by atoms with Crippen LogP contribution in [0, 0.1) is 0 Å². The summed E-state index contributed by atoms with van der Waals surface area (Å²) in [5, 5.41) is 4.70. The van der Waals surface area contributed by atoms with Crippen LogP contribution in [0.5, 0.6) is 0 Å². The van der Waals surface area contributed by atoms with Crippen molar-refractivity contribution in [2.24, 2.45) is 0 Å². The summed E-state index contributed by atoms with van der Waals surface area (Å²) in [7, 11) is 2.05. The number of likely N-dealkylation sites (tertiary alicyclic amines) is 1. The van der Waals surface area contributed by atoms with Gasteiger partial charge < -0.3 is 10.3 Å². The predicted molar refractivity (Wildman–Crippen MR) is 80.5 cm³/mol. The molecule has 0 amide bonds. The van der Waals surface area contributed by atoms with Gasteiger partial charge in [-0.3, -0.25) is 4.90 Å². The fraction of sp³-hybridized carbons (Fsp3) is 0.500. The highest BCUT2D eigenvalue weighted by molar-refractivity contribution is 5.83. The molecule has 0 bridgehead atoms. The minimum Gasteiger partial charge on any atom is -0.361 e. The molecule has 1 unspecified atom stereocenters. The van der Waals surface area contributed by atoms with E-state index in [9.17, 15) is 0 Å². The smallest absolute Gasteiger partial charge is 0.0456 e. The van der Waals surface area contributed by atoms with Gasteiger partial charge in [0.2, 0.25) is 0 Å². The fourth-order valence-corrected chi connectivity index (χ4v) is 3.26. The molecule has 2 heterocycles. The Kier molecular flexibility index (Phi) is 3.85. The normalized spacial score (nSPS) is 20.4. The third kappa shape index (κ3) is 2.67. The van der Waals surface area contributed by atoms with Gasteiger partial charge in [-0.05, 0) is 44.5 Å². The maximum atomic E-state index is 3.37. The van der Waals surface area contributed by atoms with Crippen LogP contribution in [0.2, 0.25) is 0 Å². The molecule has 1 atom stereocenters. The van der Waals surface area contributed by atoms with Crippen LogP contribution < -0.4 is 5.32 Å². The summed E-state index contributed by atoms with van der Waals surface area (Å²) < 4.78 is 0. The topological polar surface area (TPSA) is 31.1 Å². The molecule has 0 radical (unpaired) electrons. The van der Waals surface area contributed by atoms with Gasteiger partial charge in [-0.25, -0.2) is 0 Å². The van der Waals surface area contributed by atoms with E-state index in [1.807, 2.05) is 0 Å². The average Bonchev–Trinajstić information content (AvgIpc) is 3.04. The van der Waals surface area contributed by atoms with Crippen molar-refractivity contribution in [3.8, 4) is 0 Å². The van der Waals surface area contributed by atoms with Crippen molar-refractivity contribution in [1.29, 1.82) is 0 Å². The maximum Gasteiger partial charge on any atom is 0.0456 e. The third-order valence-corrected chi connectivity index (χ3v) is 4.28. The Bertz CT molecular complexity index is 532. The summed E-state index contributed by atoms with van der Waals surface area (Å²) >= 11 is 0. The Morgan fingerprint density at radius 2 is 2.26 bits per heavy atom. The van der Waals surface area contributed by atoms with Crippen molar-refractivity contribution in [3.63, 3.8) is 0 Å². The van der Waals surface area contributed by atoms with Gasteiger partial charge in [0.1, 0.15) is 0 Å². The molecule has 1 aliphatic heterocycles. The first-order valence-corrected chi connectivity index (χ1v) is 7.32. The Labute approximate surface area is 115 Å². The number of nitrogens with one attached hydrogen (secondary N) is 2.